The quantitative estimate of drug-likeness (QED) is 0.819. The van der Waals surface area contributed by atoms with E-state index in [4.69, 9.17) is 18.9 Å². The topological polar surface area (TPSA) is 54.0 Å². The summed E-state index contributed by atoms with van der Waals surface area (Å²) in [7, 11) is 6.45. The Hall–Kier alpha value is -2.43. The second-order valence-electron chi connectivity index (χ2n) is 6.77. The number of methoxy groups -OCH3 is 4. The monoisotopic (exact) mass is 358 g/mol. The highest BCUT2D eigenvalue weighted by molar-refractivity contribution is 5.77. The molecule has 1 aromatic carbocycles. The number of ether oxygens (including phenoxy) is 4. The molecule has 0 amide bonds. The lowest BCUT2D eigenvalue weighted by atomic mass is 9.83. The molecule has 2 aliphatic rings. The Morgan fingerprint density at radius 3 is 2.27 bits per heavy atom. The molecule has 0 N–H and O–H groups in total. The van der Waals surface area contributed by atoms with Gasteiger partial charge >= 0.3 is 0 Å². The molecule has 140 valence electrons. The summed E-state index contributed by atoms with van der Waals surface area (Å²) < 4.78 is 22.2. The van der Waals surface area contributed by atoms with E-state index in [2.05, 4.69) is 6.92 Å². The molecular weight excluding hydrogens is 332 g/mol. The summed E-state index contributed by atoms with van der Waals surface area (Å²) in [6.07, 6.45) is 2.74. The fraction of sp³-hybridized carbons (Fsp3) is 0.476. The molecule has 5 nitrogen and oxygen atoms in total. The van der Waals surface area contributed by atoms with Crippen LogP contribution in [0, 0.1) is 5.92 Å². The molecule has 0 aliphatic heterocycles. The second kappa shape index (κ2) is 7.44. The Morgan fingerprint density at radius 1 is 0.923 bits per heavy atom. The average molecular weight is 358 g/mol. The number of rotatable bonds is 4. The van der Waals surface area contributed by atoms with Crippen LogP contribution in [0.4, 0.5) is 0 Å². The third-order valence-corrected chi connectivity index (χ3v) is 5.43. The fourth-order valence-corrected chi connectivity index (χ4v) is 4.08. The van der Waals surface area contributed by atoms with Crippen LogP contribution in [0.3, 0.4) is 0 Å². The second-order valence-corrected chi connectivity index (χ2v) is 6.77. The number of hydrogen-bond donors (Lipinski definition) is 0. The van der Waals surface area contributed by atoms with Crippen molar-refractivity contribution in [3.8, 4) is 5.75 Å². The van der Waals surface area contributed by atoms with Gasteiger partial charge in [-0.3, -0.25) is 4.79 Å². The molecule has 0 aromatic heterocycles. The summed E-state index contributed by atoms with van der Waals surface area (Å²) in [5, 5.41) is 0. The summed E-state index contributed by atoms with van der Waals surface area (Å²) in [4.78, 5) is 12.5. The van der Waals surface area contributed by atoms with E-state index < -0.39 is 0 Å². The third-order valence-electron chi connectivity index (χ3n) is 5.43. The van der Waals surface area contributed by atoms with Crippen molar-refractivity contribution in [3.63, 3.8) is 0 Å². The third kappa shape index (κ3) is 2.96. The maximum absolute atomic E-state index is 12.5. The largest absolute Gasteiger partial charge is 0.497 e. The van der Waals surface area contributed by atoms with Gasteiger partial charge in [-0.1, -0.05) is 13.0 Å². The maximum Gasteiger partial charge on any atom is 0.220 e. The molecule has 0 fully saturated rings. The molecule has 2 aliphatic carbocycles. The van der Waals surface area contributed by atoms with E-state index in [1.54, 1.807) is 33.5 Å². The normalized spacial score (nSPS) is 22.2. The van der Waals surface area contributed by atoms with Gasteiger partial charge in [-0.2, -0.15) is 0 Å². The van der Waals surface area contributed by atoms with Crippen LogP contribution in [-0.4, -0.2) is 28.4 Å². The van der Waals surface area contributed by atoms with E-state index in [1.165, 1.54) is 7.11 Å². The maximum atomic E-state index is 12.5. The first-order valence-corrected chi connectivity index (χ1v) is 8.87. The molecule has 0 spiro atoms. The van der Waals surface area contributed by atoms with E-state index in [-0.39, 0.29) is 17.3 Å². The van der Waals surface area contributed by atoms with Crippen molar-refractivity contribution < 1.29 is 18.9 Å². The molecule has 2 unspecified atom stereocenters. The van der Waals surface area contributed by atoms with Gasteiger partial charge in [-0.15, -0.1) is 0 Å². The molecule has 5 heteroatoms. The lowest BCUT2D eigenvalue weighted by Gasteiger charge is -2.29. The van der Waals surface area contributed by atoms with Crippen molar-refractivity contribution in [1.82, 2.24) is 0 Å². The molecule has 26 heavy (non-hydrogen) atoms. The SMILES string of the molecule is COC1=C(OC)C(OC)=C2c3ccc(OC)c(=O)cc3C(C)CCC2C1. The highest BCUT2D eigenvalue weighted by atomic mass is 16.5. The standard InChI is InChI=1S/C21H26O5/c1-12-6-7-13-10-18(24-3)20(25-4)21(26-5)19(13)14-8-9-17(23-2)16(22)11-15(12)14/h8-9,11-13H,6-7,10H2,1-5H3. The van der Waals surface area contributed by atoms with Gasteiger partial charge in [0, 0.05) is 12.0 Å². The molecule has 0 saturated carbocycles. The van der Waals surface area contributed by atoms with Gasteiger partial charge in [-0.25, -0.2) is 0 Å². The van der Waals surface area contributed by atoms with Crippen LogP contribution in [0.15, 0.2) is 40.3 Å². The van der Waals surface area contributed by atoms with Gasteiger partial charge in [-0.05, 0) is 47.9 Å². The molecule has 0 bridgehead atoms. The van der Waals surface area contributed by atoms with E-state index >= 15 is 0 Å². The molecule has 2 atom stereocenters. The van der Waals surface area contributed by atoms with Gasteiger partial charge in [0.2, 0.25) is 5.43 Å². The zero-order valence-corrected chi connectivity index (χ0v) is 16.0. The van der Waals surface area contributed by atoms with E-state index in [9.17, 15) is 4.79 Å². The van der Waals surface area contributed by atoms with Crippen LogP contribution in [-0.2, 0) is 14.2 Å². The van der Waals surface area contributed by atoms with E-state index in [1.807, 2.05) is 6.07 Å². The molecule has 1 aromatic rings. The lowest BCUT2D eigenvalue weighted by molar-refractivity contribution is 0.168. The van der Waals surface area contributed by atoms with Crippen LogP contribution in [0.2, 0.25) is 0 Å². The Morgan fingerprint density at radius 2 is 1.65 bits per heavy atom. The first kappa shape index (κ1) is 18.4. The first-order chi connectivity index (χ1) is 12.5. The van der Waals surface area contributed by atoms with Crippen LogP contribution < -0.4 is 10.2 Å². The minimum atomic E-state index is -0.102. The summed E-state index contributed by atoms with van der Waals surface area (Å²) in [5.41, 5.74) is 3.04. The predicted molar refractivity (Wildman–Crippen MR) is 100.0 cm³/mol. The minimum Gasteiger partial charge on any atom is -0.497 e. The van der Waals surface area contributed by atoms with E-state index in [0.717, 1.165) is 41.7 Å². The Kier molecular flexibility index (Phi) is 5.25. The van der Waals surface area contributed by atoms with Crippen LogP contribution in [0.5, 0.6) is 5.75 Å². The number of hydrogen-bond acceptors (Lipinski definition) is 5. The number of allylic oxidation sites excluding steroid dienone is 2. The zero-order chi connectivity index (χ0) is 18.8. The summed E-state index contributed by atoms with van der Waals surface area (Å²) >= 11 is 0. The van der Waals surface area contributed by atoms with Crippen molar-refractivity contribution in [2.45, 2.75) is 32.1 Å². The highest BCUT2D eigenvalue weighted by Gasteiger charge is 2.36. The fourth-order valence-electron chi connectivity index (χ4n) is 4.08. The molecular formula is C21H26O5. The Balaban J connectivity index is 2.35. The van der Waals surface area contributed by atoms with Crippen LogP contribution in [0.1, 0.15) is 43.2 Å². The van der Waals surface area contributed by atoms with Crippen molar-refractivity contribution in [1.29, 1.82) is 0 Å². The molecule has 0 heterocycles. The van der Waals surface area contributed by atoms with Gasteiger partial charge < -0.3 is 18.9 Å². The zero-order valence-electron chi connectivity index (χ0n) is 16.0. The Labute approximate surface area is 154 Å². The highest BCUT2D eigenvalue weighted by Crippen LogP contribution is 2.48. The summed E-state index contributed by atoms with van der Waals surface area (Å²) in [5.74, 6) is 2.99. The van der Waals surface area contributed by atoms with E-state index in [0.29, 0.717) is 17.3 Å². The Bertz CT molecular complexity index is 822. The summed E-state index contributed by atoms with van der Waals surface area (Å²) in [6, 6.07) is 5.44. The average Bonchev–Trinajstić information content (AvgIpc) is 2.89. The molecule has 0 saturated heterocycles. The van der Waals surface area contributed by atoms with Gasteiger partial charge in [0.15, 0.2) is 17.3 Å². The predicted octanol–water partition coefficient (Wildman–Crippen LogP) is 3.83. The smallest absolute Gasteiger partial charge is 0.220 e. The van der Waals surface area contributed by atoms with Gasteiger partial charge in [0.05, 0.1) is 28.4 Å². The van der Waals surface area contributed by atoms with Crippen molar-refractivity contribution in [3.05, 3.63) is 56.8 Å². The van der Waals surface area contributed by atoms with Gasteiger partial charge in [0.1, 0.15) is 5.76 Å². The minimum absolute atomic E-state index is 0.102. The lowest BCUT2D eigenvalue weighted by Crippen LogP contribution is -2.17. The van der Waals surface area contributed by atoms with Crippen LogP contribution >= 0.6 is 0 Å². The summed E-state index contributed by atoms with van der Waals surface area (Å²) in [6.45, 7) is 2.16. The van der Waals surface area contributed by atoms with Crippen molar-refractivity contribution in [2.24, 2.45) is 5.92 Å². The van der Waals surface area contributed by atoms with Crippen molar-refractivity contribution >= 4 is 5.57 Å². The van der Waals surface area contributed by atoms with Crippen molar-refractivity contribution in [2.75, 3.05) is 28.4 Å². The van der Waals surface area contributed by atoms with Crippen LogP contribution in [0.25, 0.3) is 5.57 Å². The van der Waals surface area contributed by atoms with Gasteiger partial charge in [0.25, 0.3) is 0 Å². The number of fused-ring (bicyclic) bond motifs is 3. The molecule has 3 rings (SSSR count). The first-order valence-electron chi connectivity index (χ1n) is 8.87. The molecule has 0 radical (unpaired) electrons.